The summed E-state index contributed by atoms with van der Waals surface area (Å²) in [4.78, 5) is -0.123. The number of sulfone groups is 2. The third-order valence-corrected chi connectivity index (χ3v) is 11.9. The molecule has 0 aliphatic heterocycles. The first-order chi connectivity index (χ1) is 15.2. The van der Waals surface area contributed by atoms with E-state index in [4.69, 9.17) is 0 Å². The van der Waals surface area contributed by atoms with E-state index >= 15 is 0 Å². The predicted octanol–water partition coefficient (Wildman–Crippen LogP) is 6.03. The monoisotopic (exact) mass is 592 g/mol. The Hall–Kier alpha value is -2.00. The third kappa shape index (κ3) is 3.73. The van der Waals surface area contributed by atoms with Crippen molar-refractivity contribution >= 4 is 51.5 Å². The fourth-order valence-electron chi connectivity index (χ4n) is 3.87. The van der Waals surface area contributed by atoms with E-state index in [0.29, 0.717) is 10.0 Å². The van der Waals surface area contributed by atoms with Crippen molar-refractivity contribution in [1.29, 1.82) is 0 Å². The maximum Gasteiger partial charge on any atom is 0.211 e. The molecule has 0 N–H and O–H groups in total. The van der Waals surface area contributed by atoms with E-state index in [-0.39, 0.29) is 9.79 Å². The molecular formula is C24H18Br2O4S2. The zero-order chi connectivity index (χ0) is 23.0. The van der Waals surface area contributed by atoms with Crippen molar-refractivity contribution in [3.63, 3.8) is 0 Å². The molecule has 32 heavy (non-hydrogen) atoms. The molecule has 0 heterocycles. The number of rotatable bonds is 5. The molecule has 3 aromatic carbocycles. The molecule has 0 radical (unpaired) electrons. The number of benzene rings is 3. The number of halogens is 2. The maximum absolute atomic E-state index is 14.2. The molecule has 4 rings (SSSR count). The lowest BCUT2D eigenvalue weighted by Crippen LogP contribution is -2.50. The van der Waals surface area contributed by atoms with Crippen LogP contribution in [-0.4, -0.2) is 20.9 Å². The molecule has 164 valence electrons. The van der Waals surface area contributed by atoms with Crippen molar-refractivity contribution in [2.45, 2.75) is 19.8 Å². The largest absolute Gasteiger partial charge is 0.222 e. The quantitative estimate of drug-likeness (QED) is 0.362. The molecule has 0 amide bonds. The van der Waals surface area contributed by atoms with E-state index in [1.165, 1.54) is 30.3 Å². The van der Waals surface area contributed by atoms with Gasteiger partial charge < -0.3 is 0 Å². The Bertz CT molecular complexity index is 1330. The van der Waals surface area contributed by atoms with E-state index in [2.05, 4.69) is 31.9 Å². The van der Waals surface area contributed by atoms with Gasteiger partial charge in [0.25, 0.3) is 0 Å². The van der Waals surface area contributed by atoms with E-state index < -0.39 is 29.7 Å². The van der Waals surface area contributed by atoms with Crippen molar-refractivity contribution < 1.29 is 16.8 Å². The van der Waals surface area contributed by atoms with E-state index in [9.17, 15) is 16.8 Å². The summed E-state index contributed by atoms with van der Waals surface area (Å²) < 4.78 is 55.8. The Morgan fingerprint density at radius 3 is 1.59 bits per heavy atom. The Kier molecular flexibility index (Phi) is 6.33. The lowest BCUT2D eigenvalue weighted by Gasteiger charge is -2.38. The van der Waals surface area contributed by atoms with Gasteiger partial charge in [-0.2, -0.15) is 0 Å². The standard InChI is InChI=1S/C24H18Br2O4S2/c25-19-13-11-18(12-14-19)23-16-15-20(26)17-24(23,31(27,28)21-7-3-1-4-8-21)32(29,30)22-9-5-2-6-10-22/h1-17,23H. The van der Waals surface area contributed by atoms with Crippen molar-refractivity contribution in [3.05, 3.63) is 118 Å². The molecule has 3 aromatic rings. The van der Waals surface area contributed by atoms with Crippen molar-refractivity contribution in [3.8, 4) is 0 Å². The van der Waals surface area contributed by atoms with Gasteiger partial charge in [-0.25, -0.2) is 16.8 Å². The highest BCUT2D eigenvalue weighted by Crippen LogP contribution is 2.50. The Morgan fingerprint density at radius 2 is 1.12 bits per heavy atom. The van der Waals surface area contributed by atoms with Gasteiger partial charge in [0.15, 0.2) is 0 Å². The highest BCUT2D eigenvalue weighted by molar-refractivity contribution is 9.12. The van der Waals surface area contributed by atoms with Crippen LogP contribution in [0.25, 0.3) is 0 Å². The highest BCUT2D eigenvalue weighted by atomic mass is 79.9. The van der Waals surface area contributed by atoms with E-state index in [0.717, 1.165) is 4.47 Å². The fourth-order valence-corrected chi connectivity index (χ4v) is 10.1. The summed E-state index contributed by atoms with van der Waals surface area (Å²) in [5.41, 5.74) is 0.569. The van der Waals surface area contributed by atoms with Crippen molar-refractivity contribution in [2.75, 3.05) is 0 Å². The SMILES string of the molecule is O=S(=O)(c1ccccc1)C1(S(=O)(=O)c2ccccc2)C=C(Br)C=CC1c1ccc(Br)cc1. The molecule has 8 heteroatoms. The molecule has 0 saturated carbocycles. The summed E-state index contributed by atoms with van der Waals surface area (Å²) in [6.45, 7) is 0. The average Bonchev–Trinajstić information content (AvgIpc) is 2.80. The molecule has 1 aliphatic carbocycles. The zero-order valence-electron chi connectivity index (χ0n) is 16.6. The van der Waals surface area contributed by atoms with Crippen LogP contribution in [0, 0.1) is 0 Å². The smallest absolute Gasteiger partial charge is 0.211 e. The molecule has 0 bridgehead atoms. The summed E-state index contributed by atoms with van der Waals surface area (Å²) in [5.74, 6) is -0.979. The van der Waals surface area contributed by atoms with Gasteiger partial charge in [-0.05, 0) is 48.0 Å². The first-order valence-corrected chi connectivity index (χ1v) is 14.2. The zero-order valence-corrected chi connectivity index (χ0v) is 21.4. The minimum absolute atomic E-state index is 0.0616. The molecule has 1 unspecified atom stereocenters. The molecule has 1 atom stereocenters. The second kappa shape index (κ2) is 8.74. The van der Waals surface area contributed by atoms with Crippen molar-refractivity contribution in [1.82, 2.24) is 0 Å². The van der Waals surface area contributed by atoms with Gasteiger partial charge in [-0.15, -0.1) is 0 Å². The van der Waals surface area contributed by atoms with Crippen LogP contribution in [0.4, 0.5) is 0 Å². The van der Waals surface area contributed by atoms with E-state index in [1.54, 1.807) is 72.8 Å². The lowest BCUT2D eigenvalue weighted by molar-refractivity contribution is 0.545. The van der Waals surface area contributed by atoms with Crippen LogP contribution < -0.4 is 0 Å². The second-order valence-electron chi connectivity index (χ2n) is 7.27. The van der Waals surface area contributed by atoms with Gasteiger partial charge in [0, 0.05) is 14.9 Å². The second-order valence-corrected chi connectivity index (χ2v) is 13.7. The Balaban J connectivity index is 2.12. The summed E-state index contributed by atoms with van der Waals surface area (Å²) >= 11 is 6.73. The number of hydrogen-bond acceptors (Lipinski definition) is 4. The lowest BCUT2D eigenvalue weighted by atomic mass is 9.91. The first kappa shape index (κ1) is 23.2. The molecule has 4 nitrogen and oxygen atoms in total. The van der Waals surface area contributed by atoms with Crippen LogP contribution in [0.3, 0.4) is 0 Å². The normalized spacial score (nSPS) is 18.2. The van der Waals surface area contributed by atoms with Crippen molar-refractivity contribution in [2.24, 2.45) is 0 Å². The van der Waals surface area contributed by atoms with Crippen LogP contribution >= 0.6 is 31.9 Å². The third-order valence-electron chi connectivity index (χ3n) is 5.40. The summed E-state index contributed by atoms with van der Waals surface area (Å²) in [6.07, 6.45) is 4.63. The van der Waals surface area contributed by atoms with Gasteiger partial charge in [-0.1, -0.05) is 92.5 Å². The van der Waals surface area contributed by atoms with Gasteiger partial charge in [0.05, 0.1) is 9.79 Å². The fraction of sp³-hybridized carbons (Fsp3) is 0.0833. The van der Waals surface area contributed by atoms with Gasteiger partial charge >= 0.3 is 0 Å². The molecule has 1 aliphatic rings. The molecular weight excluding hydrogens is 576 g/mol. The summed E-state index contributed by atoms with van der Waals surface area (Å²) in [7, 11) is -8.85. The molecule has 0 aromatic heterocycles. The van der Waals surface area contributed by atoms with Gasteiger partial charge in [-0.3, -0.25) is 0 Å². The highest BCUT2D eigenvalue weighted by Gasteiger charge is 2.60. The van der Waals surface area contributed by atoms with E-state index in [1.807, 2.05) is 0 Å². The number of hydrogen-bond donors (Lipinski definition) is 0. The Labute approximate surface area is 204 Å². The molecule has 0 spiro atoms. The average molecular weight is 594 g/mol. The van der Waals surface area contributed by atoms with Gasteiger partial charge in [0.2, 0.25) is 23.8 Å². The molecule has 0 fully saturated rings. The predicted molar refractivity (Wildman–Crippen MR) is 133 cm³/mol. The number of allylic oxidation sites excluding steroid dienone is 3. The summed E-state index contributed by atoms with van der Waals surface area (Å²) in [6, 6.07) is 22.4. The van der Waals surface area contributed by atoms with Crippen LogP contribution in [0.1, 0.15) is 11.5 Å². The topological polar surface area (TPSA) is 68.3 Å². The van der Waals surface area contributed by atoms with Crippen LogP contribution in [-0.2, 0) is 19.7 Å². The van der Waals surface area contributed by atoms with Crippen LogP contribution in [0.5, 0.6) is 0 Å². The maximum atomic E-state index is 14.2. The minimum atomic E-state index is -4.43. The molecule has 0 saturated heterocycles. The minimum Gasteiger partial charge on any atom is -0.222 e. The summed E-state index contributed by atoms with van der Waals surface area (Å²) in [5, 5.41) is 0. The van der Waals surface area contributed by atoms with Crippen LogP contribution in [0.15, 0.2) is 122 Å². The van der Waals surface area contributed by atoms with Gasteiger partial charge in [0.1, 0.15) is 0 Å². The van der Waals surface area contributed by atoms with Crippen LogP contribution in [0.2, 0.25) is 0 Å². The Morgan fingerprint density at radius 1 is 0.656 bits per heavy atom. The first-order valence-electron chi connectivity index (χ1n) is 9.61.